The fraction of sp³-hybridized carbons (Fsp3) is 0.727. The first-order chi connectivity index (χ1) is 7.62. The highest BCUT2D eigenvalue weighted by atomic mass is 19.4. The third kappa shape index (κ3) is 6.17. The lowest BCUT2D eigenvalue weighted by Gasteiger charge is -2.23. The maximum atomic E-state index is 12.5. The molecule has 3 nitrogen and oxygen atoms in total. The summed E-state index contributed by atoms with van der Waals surface area (Å²) in [5, 5.41) is 2.35. The topological polar surface area (TPSA) is 55.1 Å². The molecule has 0 aliphatic rings. The summed E-state index contributed by atoms with van der Waals surface area (Å²) >= 11 is 0. The van der Waals surface area contributed by atoms with Crippen LogP contribution in [0, 0.1) is 18.3 Å². The van der Waals surface area contributed by atoms with Gasteiger partial charge in [-0.2, -0.15) is 13.2 Å². The number of carbonyl (C=O) groups excluding carboxylic acids is 1. The Hall–Kier alpha value is -1.22. The van der Waals surface area contributed by atoms with E-state index in [0.717, 1.165) is 0 Å². The smallest absolute Gasteiger partial charge is 0.340 e. The van der Waals surface area contributed by atoms with Gasteiger partial charge in [-0.05, 0) is 26.8 Å². The highest BCUT2D eigenvalue weighted by Gasteiger charge is 2.40. The van der Waals surface area contributed by atoms with Gasteiger partial charge in [0.15, 0.2) is 0 Å². The van der Waals surface area contributed by atoms with Crippen LogP contribution in [0.4, 0.5) is 13.2 Å². The Kier molecular flexibility index (Phi) is 5.49. The van der Waals surface area contributed by atoms with Crippen molar-refractivity contribution in [3.8, 4) is 12.3 Å². The van der Waals surface area contributed by atoms with E-state index >= 15 is 0 Å². The Labute approximate surface area is 98.9 Å². The molecule has 0 radical (unpaired) electrons. The van der Waals surface area contributed by atoms with Crippen LogP contribution in [-0.4, -0.2) is 24.2 Å². The van der Waals surface area contributed by atoms with E-state index in [1.807, 2.05) is 0 Å². The van der Waals surface area contributed by atoms with Gasteiger partial charge in [-0.3, -0.25) is 4.79 Å². The zero-order valence-corrected chi connectivity index (χ0v) is 9.90. The zero-order valence-electron chi connectivity index (χ0n) is 9.90. The van der Waals surface area contributed by atoms with Crippen LogP contribution in [0.1, 0.15) is 26.7 Å². The zero-order chi connectivity index (χ0) is 13.7. The molecule has 3 N–H and O–H groups in total. The van der Waals surface area contributed by atoms with E-state index < -0.39 is 30.0 Å². The molecule has 98 valence electrons. The van der Waals surface area contributed by atoms with Crippen molar-refractivity contribution in [1.82, 2.24) is 5.32 Å². The first-order valence-corrected chi connectivity index (χ1v) is 5.18. The van der Waals surface area contributed by atoms with Crippen LogP contribution in [-0.2, 0) is 4.79 Å². The van der Waals surface area contributed by atoms with Crippen molar-refractivity contribution in [2.45, 2.75) is 38.4 Å². The maximum absolute atomic E-state index is 12.5. The molecular formula is C11H17F3N2O. The van der Waals surface area contributed by atoms with Crippen LogP contribution in [0.25, 0.3) is 0 Å². The number of hydrogen-bond acceptors (Lipinski definition) is 2. The number of carbonyl (C=O) groups is 1. The number of nitrogens with two attached hydrogens (primary N) is 1. The van der Waals surface area contributed by atoms with E-state index in [9.17, 15) is 18.0 Å². The number of alkyl halides is 3. The monoisotopic (exact) mass is 250 g/mol. The third-order valence-corrected chi connectivity index (χ3v) is 2.22. The van der Waals surface area contributed by atoms with Gasteiger partial charge in [0.25, 0.3) is 0 Å². The molecule has 17 heavy (non-hydrogen) atoms. The van der Waals surface area contributed by atoms with E-state index in [0.29, 0.717) is 0 Å². The molecule has 0 spiro atoms. The second-order valence-corrected chi connectivity index (χ2v) is 4.34. The van der Waals surface area contributed by atoms with Gasteiger partial charge < -0.3 is 11.1 Å². The Morgan fingerprint density at radius 2 is 2.00 bits per heavy atom. The molecule has 0 saturated heterocycles. The lowest BCUT2D eigenvalue weighted by Crippen LogP contribution is -2.44. The molecule has 0 aromatic rings. The molecule has 1 unspecified atom stereocenters. The Morgan fingerprint density at radius 3 is 2.35 bits per heavy atom. The quantitative estimate of drug-likeness (QED) is 0.725. The van der Waals surface area contributed by atoms with Gasteiger partial charge >= 0.3 is 6.18 Å². The summed E-state index contributed by atoms with van der Waals surface area (Å²) in [6, 6.07) is 0. The summed E-state index contributed by atoms with van der Waals surface area (Å²) < 4.78 is 37.5. The van der Waals surface area contributed by atoms with E-state index in [2.05, 4.69) is 11.2 Å². The molecule has 1 amide bonds. The number of amides is 1. The van der Waals surface area contributed by atoms with Crippen LogP contribution >= 0.6 is 0 Å². The van der Waals surface area contributed by atoms with Gasteiger partial charge in [-0.25, -0.2) is 0 Å². The summed E-state index contributed by atoms with van der Waals surface area (Å²) in [6.45, 7) is 2.96. The number of nitrogens with one attached hydrogen (secondary N) is 1. The molecule has 0 saturated carbocycles. The van der Waals surface area contributed by atoms with Crippen molar-refractivity contribution < 1.29 is 18.0 Å². The van der Waals surface area contributed by atoms with Crippen molar-refractivity contribution in [3.63, 3.8) is 0 Å². The molecule has 0 aliphatic heterocycles. The van der Waals surface area contributed by atoms with Crippen LogP contribution in [0.5, 0.6) is 0 Å². The molecule has 0 bridgehead atoms. The van der Waals surface area contributed by atoms with Crippen molar-refractivity contribution >= 4 is 5.91 Å². The first-order valence-electron chi connectivity index (χ1n) is 5.18. The van der Waals surface area contributed by atoms with Gasteiger partial charge in [0.1, 0.15) is 0 Å². The Balaban J connectivity index is 4.49. The van der Waals surface area contributed by atoms with E-state index in [4.69, 9.17) is 12.2 Å². The second kappa shape index (κ2) is 5.92. The Morgan fingerprint density at radius 1 is 1.47 bits per heavy atom. The van der Waals surface area contributed by atoms with Gasteiger partial charge in [0.2, 0.25) is 5.91 Å². The minimum Gasteiger partial charge on any atom is -0.340 e. The van der Waals surface area contributed by atoms with Gasteiger partial charge in [-0.15, -0.1) is 6.42 Å². The lowest BCUT2D eigenvalue weighted by atomic mass is 9.99. The number of rotatable bonds is 5. The molecular weight excluding hydrogens is 233 g/mol. The highest BCUT2D eigenvalue weighted by Crippen LogP contribution is 2.31. The van der Waals surface area contributed by atoms with Crippen molar-refractivity contribution in [2.24, 2.45) is 11.7 Å². The SMILES string of the molecule is C#CC(C)(C)NC(=O)CC(CCN)C(F)(F)F. The summed E-state index contributed by atoms with van der Waals surface area (Å²) in [5.74, 6) is -0.162. The van der Waals surface area contributed by atoms with Crippen LogP contribution in [0.2, 0.25) is 0 Å². The molecule has 0 rings (SSSR count). The Bertz CT molecular complexity index is 305. The van der Waals surface area contributed by atoms with E-state index in [-0.39, 0.29) is 13.0 Å². The summed E-state index contributed by atoms with van der Waals surface area (Å²) in [6.07, 6.45) is -0.214. The largest absolute Gasteiger partial charge is 0.392 e. The number of hydrogen-bond donors (Lipinski definition) is 2. The highest BCUT2D eigenvalue weighted by molar-refractivity contribution is 5.77. The summed E-state index contributed by atoms with van der Waals surface area (Å²) in [4.78, 5) is 11.4. The number of terminal acetylenes is 1. The van der Waals surface area contributed by atoms with E-state index in [1.165, 1.54) is 13.8 Å². The van der Waals surface area contributed by atoms with Crippen molar-refractivity contribution in [2.75, 3.05) is 6.54 Å². The maximum Gasteiger partial charge on any atom is 0.392 e. The molecule has 1 atom stereocenters. The molecule has 0 fully saturated rings. The fourth-order valence-corrected chi connectivity index (χ4v) is 1.24. The first kappa shape index (κ1) is 15.8. The average molecular weight is 250 g/mol. The molecule has 0 heterocycles. The fourth-order valence-electron chi connectivity index (χ4n) is 1.24. The molecule has 0 aromatic carbocycles. The average Bonchev–Trinajstić information content (AvgIpc) is 2.15. The standard InChI is InChI=1S/C11H17F3N2O/c1-4-10(2,3)16-9(17)7-8(5-6-15)11(12,13)14/h1,8H,5-7,15H2,2-3H3,(H,16,17). The van der Waals surface area contributed by atoms with Crippen LogP contribution in [0.15, 0.2) is 0 Å². The minimum atomic E-state index is -4.42. The number of halogens is 3. The molecule has 6 heteroatoms. The predicted octanol–water partition coefficient (Wildman–Crippen LogP) is 1.43. The second-order valence-electron chi connectivity index (χ2n) is 4.34. The predicted molar refractivity (Wildman–Crippen MR) is 58.9 cm³/mol. The summed E-state index contributed by atoms with van der Waals surface area (Å²) in [5.41, 5.74) is 4.14. The van der Waals surface area contributed by atoms with Crippen LogP contribution in [0.3, 0.4) is 0 Å². The van der Waals surface area contributed by atoms with Gasteiger partial charge in [0.05, 0.1) is 11.5 Å². The lowest BCUT2D eigenvalue weighted by molar-refractivity contribution is -0.180. The minimum absolute atomic E-state index is 0.115. The van der Waals surface area contributed by atoms with Crippen molar-refractivity contribution in [1.29, 1.82) is 0 Å². The molecule has 0 aliphatic carbocycles. The third-order valence-electron chi connectivity index (χ3n) is 2.22. The normalized spacial score (nSPS) is 13.9. The van der Waals surface area contributed by atoms with Crippen LogP contribution < -0.4 is 11.1 Å². The van der Waals surface area contributed by atoms with Gasteiger partial charge in [0, 0.05) is 6.42 Å². The summed E-state index contributed by atoms with van der Waals surface area (Å²) in [7, 11) is 0. The van der Waals surface area contributed by atoms with Crippen molar-refractivity contribution in [3.05, 3.63) is 0 Å². The van der Waals surface area contributed by atoms with E-state index in [1.54, 1.807) is 0 Å². The molecule has 0 aromatic heterocycles. The van der Waals surface area contributed by atoms with Gasteiger partial charge in [-0.1, -0.05) is 5.92 Å².